The lowest BCUT2D eigenvalue weighted by molar-refractivity contribution is -0.140. The van der Waals surface area contributed by atoms with Crippen LogP contribution in [0.1, 0.15) is 51.0 Å². The molecule has 0 spiro atoms. The normalized spacial score (nSPS) is 39.2. The van der Waals surface area contributed by atoms with E-state index < -0.39 is 11.6 Å². The second kappa shape index (κ2) is 5.57. The minimum absolute atomic E-state index is 0.129. The number of carbonyl (C=O) groups excluding carboxylic acids is 3. The topological polar surface area (TPSA) is 87.3 Å². The summed E-state index contributed by atoms with van der Waals surface area (Å²) in [7, 11) is 0. The first-order chi connectivity index (χ1) is 12.9. The summed E-state index contributed by atoms with van der Waals surface area (Å²) in [6.45, 7) is 1.67. The molecule has 3 N–H and O–H groups in total. The summed E-state index contributed by atoms with van der Waals surface area (Å²) >= 11 is 0. The molecule has 6 nitrogen and oxygen atoms in total. The highest BCUT2D eigenvalue weighted by atomic mass is 16.2. The molecule has 4 aliphatic carbocycles. The lowest BCUT2D eigenvalue weighted by Gasteiger charge is -2.55. The predicted molar refractivity (Wildman–Crippen MR) is 99.7 cm³/mol. The Morgan fingerprint density at radius 2 is 1.70 bits per heavy atom. The van der Waals surface area contributed by atoms with E-state index in [1.54, 1.807) is 19.1 Å². The van der Waals surface area contributed by atoms with Gasteiger partial charge in [0.2, 0.25) is 5.91 Å². The molecule has 1 unspecified atom stereocenters. The highest BCUT2D eigenvalue weighted by molar-refractivity contribution is 6.07. The Balaban J connectivity index is 1.38. The van der Waals surface area contributed by atoms with E-state index in [0.29, 0.717) is 29.0 Å². The Morgan fingerprint density at radius 1 is 1.07 bits per heavy atom. The summed E-state index contributed by atoms with van der Waals surface area (Å²) in [5.74, 6) is 1.89. The van der Waals surface area contributed by atoms with Crippen LogP contribution in [-0.2, 0) is 15.1 Å². The van der Waals surface area contributed by atoms with E-state index in [-0.39, 0.29) is 17.2 Å². The largest absolute Gasteiger partial charge is 0.326 e. The average molecular weight is 367 g/mol. The lowest BCUT2D eigenvalue weighted by Crippen LogP contribution is -2.51. The summed E-state index contributed by atoms with van der Waals surface area (Å²) in [5.41, 5.74) is 0.0177. The van der Waals surface area contributed by atoms with Crippen LogP contribution >= 0.6 is 0 Å². The monoisotopic (exact) mass is 367 g/mol. The van der Waals surface area contributed by atoms with Crippen LogP contribution < -0.4 is 16.0 Å². The van der Waals surface area contributed by atoms with Crippen molar-refractivity contribution in [3.05, 3.63) is 29.8 Å². The van der Waals surface area contributed by atoms with Crippen LogP contribution in [-0.4, -0.2) is 17.8 Å². The lowest BCUT2D eigenvalue weighted by atomic mass is 9.49. The fourth-order valence-corrected chi connectivity index (χ4v) is 6.31. The number of anilines is 1. The number of hydrogen-bond donors (Lipinski definition) is 3. The molecule has 1 heterocycles. The van der Waals surface area contributed by atoms with Crippen molar-refractivity contribution in [2.24, 2.45) is 23.2 Å². The van der Waals surface area contributed by atoms with E-state index in [1.807, 2.05) is 12.1 Å². The number of amides is 4. The molecule has 4 saturated carbocycles. The number of hydrogen-bond acceptors (Lipinski definition) is 3. The molecule has 4 bridgehead atoms. The molecule has 4 amide bonds. The van der Waals surface area contributed by atoms with Gasteiger partial charge in [-0.25, -0.2) is 4.79 Å². The van der Waals surface area contributed by atoms with E-state index in [0.717, 1.165) is 19.3 Å². The number of rotatable bonds is 3. The van der Waals surface area contributed by atoms with E-state index in [2.05, 4.69) is 16.0 Å². The van der Waals surface area contributed by atoms with Gasteiger partial charge in [0.25, 0.3) is 5.91 Å². The van der Waals surface area contributed by atoms with Crippen molar-refractivity contribution in [1.82, 2.24) is 10.6 Å². The van der Waals surface area contributed by atoms with E-state index >= 15 is 0 Å². The quantitative estimate of drug-likeness (QED) is 0.718. The van der Waals surface area contributed by atoms with Crippen molar-refractivity contribution < 1.29 is 14.4 Å². The second-order valence-corrected chi connectivity index (χ2v) is 9.27. The number of imide groups is 1. The van der Waals surface area contributed by atoms with Crippen molar-refractivity contribution in [1.29, 1.82) is 0 Å². The maximum Gasteiger partial charge on any atom is 0.322 e. The highest BCUT2D eigenvalue weighted by Gasteiger charge is 2.54. The molecule has 0 radical (unpaired) electrons. The SMILES string of the molecule is CC1(c2cccc(NC(=O)C34CC5CC(CC(C5)C3)C4)c2)NC(=O)NC1=O. The Kier molecular flexibility index (Phi) is 3.46. The number of carbonyl (C=O) groups is 3. The fraction of sp³-hybridized carbons (Fsp3) is 0.571. The zero-order chi connectivity index (χ0) is 18.8. The maximum atomic E-state index is 13.2. The molecule has 6 heteroatoms. The van der Waals surface area contributed by atoms with Crippen LogP contribution in [0, 0.1) is 23.2 Å². The Hall–Kier alpha value is -2.37. The van der Waals surface area contributed by atoms with Gasteiger partial charge in [-0.1, -0.05) is 12.1 Å². The number of urea groups is 1. The summed E-state index contributed by atoms with van der Waals surface area (Å²) < 4.78 is 0. The molecule has 1 atom stereocenters. The minimum Gasteiger partial charge on any atom is -0.326 e. The summed E-state index contributed by atoms with van der Waals surface area (Å²) in [6, 6.07) is 6.76. The van der Waals surface area contributed by atoms with Gasteiger partial charge in [-0.3, -0.25) is 14.9 Å². The smallest absolute Gasteiger partial charge is 0.322 e. The number of benzene rings is 1. The van der Waals surface area contributed by atoms with Crippen molar-refractivity contribution in [2.75, 3.05) is 5.32 Å². The molecule has 5 aliphatic rings. The first kappa shape index (κ1) is 16.8. The molecule has 1 aromatic carbocycles. The Bertz CT molecular complexity index is 814. The van der Waals surface area contributed by atoms with Gasteiger partial charge in [0, 0.05) is 5.69 Å². The zero-order valence-corrected chi connectivity index (χ0v) is 15.5. The van der Waals surface area contributed by atoms with E-state index in [1.165, 1.54) is 19.3 Å². The van der Waals surface area contributed by atoms with Crippen LogP contribution in [0.25, 0.3) is 0 Å². The van der Waals surface area contributed by atoms with Crippen LogP contribution in [0.3, 0.4) is 0 Å². The molecular weight excluding hydrogens is 342 g/mol. The first-order valence-corrected chi connectivity index (χ1v) is 9.92. The molecule has 0 aromatic heterocycles. The van der Waals surface area contributed by atoms with E-state index in [4.69, 9.17) is 0 Å². The molecule has 5 fully saturated rings. The van der Waals surface area contributed by atoms with Gasteiger partial charge in [-0.05, 0) is 80.9 Å². The van der Waals surface area contributed by atoms with E-state index in [9.17, 15) is 14.4 Å². The van der Waals surface area contributed by atoms with Gasteiger partial charge in [0.1, 0.15) is 5.54 Å². The van der Waals surface area contributed by atoms with Crippen LogP contribution in [0.5, 0.6) is 0 Å². The van der Waals surface area contributed by atoms with Gasteiger partial charge in [0.15, 0.2) is 0 Å². The van der Waals surface area contributed by atoms with Gasteiger partial charge >= 0.3 is 6.03 Å². The third kappa shape index (κ3) is 2.57. The van der Waals surface area contributed by atoms with Gasteiger partial charge in [-0.15, -0.1) is 0 Å². The summed E-state index contributed by atoms with van der Waals surface area (Å²) in [4.78, 5) is 37.0. The van der Waals surface area contributed by atoms with Gasteiger partial charge in [-0.2, -0.15) is 0 Å². The van der Waals surface area contributed by atoms with Crippen molar-refractivity contribution in [3.63, 3.8) is 0 Å². The molecule has 142 valence electrons. The molecule has 1 saturated heterocycles. The molecule has 6 rings (SSSR count). The first-order valence-electron chi connectivity index (χ1n) is 9.92. The zero-order valence-electron chi connectivity index (χ0n) is 15.5. The Morgan fingerprint density at radius 3 is 2.26 bits per heavy atom. The average Bonchev–Trinajstić information content (AvgIpc) is 2.87. The predicted octanol–water partition coefficient (Wildman–Crippen LogP) is 2.90. The molecule has 27 heavy (non-hydrogen) atoms. The molecule has 1 aromatic rings. The van der Waals surface area contributed by atoms with Crippen LogP contribution in [0.2, 0.25) is 0 Å². The second-order valence-electron chi connectivity index (χ2n) is 9.27. The Labute approximate surface area is 158 Å². The van der Waals surface area contributed by atoms with Gasteiger partial charge in [0.05, 0.1) is 5.41 Å². The van der Waals surface area contributed by atoms with Crippen LogP contribution in [0.4, 0.5) is 10.5 Å². The third-order valence-electron chi connectivity index (χ3n) is 7.26. The summed E-state index contributed by atoms with van der Waals surface area (Å²) in [6.07, 6.45) is 6.95. The van der Waals surface area contributed by atoms with Crippen molar-refractivity contribution in [2.45, 2.75) is 51.0 Å². The maximum absolute atomic E-state index is 13.2. The van der Waals surface area contributed by atoms with Crippen molar-refractivity contribution >= 4 is 23.5 Å². The van der Waals surface area contributed by atoms with Crippen LogP contribution in [0.15, 0.2) is 24.3 Å². The molecule has 1 aliphatic heterocycles. The standard InChI is InChI=1S/C21H25N3O3/c1-20(17(25)23-19(27)24-20)15-3-2-4-16(8-15)22-18(26)21-9-12-5-13(10-21)7-14(6-12)11-21/h2-4,8,12-14H,5-7,9-11H2,1H3,(H,22,26)(H2,23,24,25,27). The fourth-order valence-electron chi connectivity index (χ4n) is 6.31. The highest BCUT2D eigenvalue weighted by Crippen LogP contribution is 2.60. The minimum atomic E-state index is -1.11. The van der Waals surface area contributed by atoms with Crippen molar-refractivity contribution in [3.8, 4) is 0 Å². The number of nitrogens with one attached hydrogen (secondary N) is 3. The molecular formula is C21H25N3O3. The van der Waals surface area contributed by atoms with Gasteiger partial charge < -0.3 is 10.6 Å². The summed E-state index contributed by atoms with van der Waals surface area (Å²) in [5, 5.41) is 8.07. The third-order valence-corrected chi connectivity index (χ3v) is 7.26.